The number of carboxylic acid groups (broad SMARTS) is 1. The molecule has 0 aliphatic carbocycles. The zero-order valence-electron chi connectivity index (χ0n) is 13.6. The summed E-state index contributed by atoms with van der Waals surface area (Å²) in [5.41, 5.74) is 0.872. The van der Waals surface area contributed by atoms with E-state index in [0.717, 1.165) is 5.01 Å². The lowest BCUT2D eigenvalue weighted by Crippen LogP contribution is -2.36. The van der Waals surface area contributed by atoms with Crippen LogP contribution in [0.3, 0.4) is 0 Å². The van der Waals surface area contributed by atoms with E-state index < -0.39 is 12.0 Å². The van der Waals surface area contributed by atoms with Gasteiger partial charge in [0.2, 0.25) is 0 Å². The lowest BCUT2D eigenvalue weighted by atomic mass is 10.1. The van der Waals surface area contributed by atoms with Crippen LogP contribution >= 0.6 is 11.3 Å². The molecule has 1 aromatic carbocycles. The highest BCUT2D eigenvalue weighted by Gasteiger charge is 2.36. The molecule has 0 radical (unpaired) electrons. The Bertz CT molecular complexity index is 776. The number of anilines is 1. The minimum atomic E-state index is -1.01. The van der Waals surface area contributed by atoms with Gasteiger partial charge in [0.15, 0.2) is 6.04 Å². The van der Waals surface area contributed by atoms with Crippen LogP contribution in [0.1, 0.15) is 24.3 Å². The van der Waals surface area contributed by atoms with Crippen molar-refractivity contribution in [2.45, 2.75) is 25.3 Å². The number of carboxylic acids is 1. The maximum atomic E-state index is 12.4. The molecule has 0 fully saturated rings. The Balaban J connectivity index is 1.69. The number of nitrogens with one attached hydrogen (secondary N) is 1. The van der Waals surface area contributed by atoms with E-state index in [2.05, 4.69) is 15.4 Å². The first-order valence-corrected chi connectivity index (χ1v) is 8.76. The Hall–Kier alpha value is -2.74. The monoisotopic (exact) mass is 358 g/mol. The number of rotatable bonds is 6. The first-order valence-electron chi connectivity index (χ1n) is 7.88. The van der Waals surface area contributed by atoms with Crippen LogP contribution in [0.5, 0.6) is 0 Å². The first kappa shape index (κ1) is 17.1. The summed E-state index contributed by atoms with van der Waals surface area (Å²) in [6.07, 6.45) is 1.80. The number of carbonyl (C=O) groups excluding carboxylic acids is 1. The lowest BCUT2D eigenvalue weighted by Gasteiger charge is -2.19. The standard InChI is InChI=1S/C17H18N4O3S/c1-11(16-18-7-8-25-16)10-19-15(22)13-9-14(17(23)24)21(20-13)12-5-3-2-4-6-12/h2-8,11,14H,9-10H2,1H3,(H,19,22)(H,23,24). The molecule has 1 aliphatic rings. The number of amides is 1. The number of para-hydroxylation sites is 1. The molecular formula is C17H18N4O3S. The zero-order chi connectivity index (χ0) is 17.8. The van der Waals surface area contributed by atoms with Crippen LogP contribution in [0.25, 0.3) is 0 Å². The maximum absolute atomic E-state index is 12.4. The van der Waals surface area contributed by atoms with E-state index in [-0.39, 0.29) is 24.0 Å². The lowest BCUT2D eigenvalue weighted by molar-refractivity contribution is -0.138. The second-order valence-corrected chi connectivity index (χ2v) is 6.69. The van der Waals surface area contributed by atoms with Gasteiger partial charge in [0.25, 0.3) is 5.91 Å². The van der Waals surface area contributed by atoms with Gasteiger partial charge in [-0.1, -0.05) is 25.1 Å². The van der Waals surface area contributed by atoms with Crippen molar-refractivity contribution in [1.29, 1.82) is 0 Å². The summed E-state index contributed by atoms with van der Waals surface area (Å²) in [6, 6.07) is 8.11. The fourth-order valence-corrected chi connectivity index (χ4v) is 3.27. The van der Waals surface area contributed by atoms with Crippen molar-refractivity contribution in [2.75, 3.05) is 11.6 Å². The first-order chi connectivity index (χ1) is 12.1. The second kappa shape index (κ2) is 7.43. The molecule has 2 N–H and O–H groups in total. The van der Waals surface area contributed by atoms with Gasteiger partial charge in [0.1, 0.15) is 5.71 Å². The molecule has 3 rings (SSSR count). The SMILES string of the molecule is CC(CNC(=O)C1=NN(c2ccccc2)C(C(=O)O)C1)c1nccs1. The summed E-state index contributed by atoms with van der Waals surface area (Å²) in [4.78, 5) is 28.1. The highest BCUT2D eigenvalue weighted by Crippen LogP contribution is 2.24. The van der Waals surface area contributed by atoms with Gasteiger partial charge in [0, 0.05) is 30.5 Å². The topological polar surface area (TPSA) is 94.9 Å². The number of hydrogen-bond acceptors (Lipinski definition) is 6. The van der Waals surface area contributed by atoms with Crippen molar-refractivity contribution < 1.29 is 14.7 Å². The summed E-state index contributed by atoms with van der Waals surface area (Å²) in [5, 5.41) is 20.7. The van der Waals surface area contributed by atoms with Gasteiger partial charge in [-0.15, -0.1) is 11.3 Å². The van der Waals surface area contributed by atoms with Crippen molar-refractivity contribution in [3.63, 3.8) is 0 Å². The summed E-state index contributed by atoms with van der Waals surface area (Å²) in [5.74, 6) is -1.26. The summed E-state index contributed by atoms with van der Waals surface area (Å²) < 4.78 is 0. The Morgan fingerprint density at radius 2 is 2.16 bits per heavy atom. The molecule has 7 nitrogen and oxygen atoms in total. The fourth-order valence-electron chi connectivity index (χ4n) is 2.57. The minimum absolute atomic E-state index is 0.0711. The predicted octanol–water partition coefficient (Wildman–Crippen LogP) is 2.08. The molecule has 25 heavy (non-hydrogen) atoms. The molecule has 2 aromatic rings. The molecule has 0 saturated carbocycles. The Morgan fingerprint density at radius 3 is 2.80 bits per heavy atom. The molecule has 2 unspecified atom stereocenters. The van der Waals surface area contributed by atoms with Crippen molar-refractivity contribution in [3.05, 3.63) is 46.9 Å². The average molecular weight is 358 g/mol. The van der Waals surface area contributed by atoms with E-state index in [1.54, 1.807) is 30.5 Å². The van der Waals surface area contributed by atoms with E-state index in [1.807, 2.05) is 18.4 Å². The highest BCUT2D eigenvalue weighted by atomic mass is 32.1. The van der Waals surface area contributed by atoms with E-state index in [9.17, 15) is 14.7 Å². The van der Waals surface area contributed by atoms with Crippen LogP contribution in [0.15, 0.2) is 47.0 Å². The predicted molar refractivity (Wildman–Crippen MR) is 95.9 cm³/mol. The number of hydrogen-bond donors (Lipinski definition) is 2. The van der Waals surface area contributed by atoms with E-state index >= 15 is 0 Å². The third-order valence-corrected chi connectivity index (χ3v) is 4.93. The molecule has 0 spiro atoms. The summed E-state index contributed by atoms with van der Waals surface area (Å²) in [6.45, 7) is 2.40. The van der Waals surface area contributed by atoms with Gasteiger partial charge in [-0.3, -0.25) is 9.80 Å². The number of aliphatic carboxylic acids is 1. The van der Waals surface area contributed by atoms with Crippen LogP contribution in [0.2, 0.25) is 0 Å². The van der Waals surface area contributed by atoms with Gasteiger partial charge in [0.05, 0.1) is 10.7 Å². The Labute approximate surface area is 149 Å². The van der Waals surface area contributed by atoms with E-state index in [1.165, 1.54) is 16.3 Å². The van der Waals surface area contributed by atoms with Gasteiger partial charge in [-0.25, -0.2) is 9.78 Å². The van der Waals surface area contributed by atoms with Crippen LogP contribution in [0.4, 0.5) is 5.69 Å². The summed E-state index contributed by atoms with van der Waals surface area (Å²) >= 11 is 1.54. The number of benzene rings is 1. The van der Waals surface area contributed by atoms with Gasteiger partial charge in [-0.2, -0.15) is 5.10 Å². The molecule has 0 saturated heterocycles. The molecule has 0 bridgehead atoms. The Morgan fingerprint density at radius 1 is 1.40 bits per heavy atom. The van der Waals surface area contributed by atoms with Crippen LogP contribution in [0, 0.1) is 0 Å². The third kappa shape index (κ3) is 3.85. The molecule has 1 amide bonds. The third-order valence-electron chi connectivity index (χ3n) is 3.92. The number of nitrogens with zero attached hydrogens (tertiary/aromatic N) is 3. The molecule has 2 heterocycles. The molecule has 1 aliphatic heterocycles. The zero-order valence-corrected chi connectivity index (χ0v) is 14.4. The molecule has 130 valence electrons. The number of thiazole rings is 1. The van der Waals surface area contributed by atoms with Crippen LogP contribution in [-0.4, -0.2) is 40.3 Å². The largest absolute Gasteiger partial charge is 0.480 e. The number of carbonyl (C=O) groups is 2. The van der Waals surface area contributed by atoms with Crippen LogP contribution in [-0.2, 0) is 9.59 Å². The van der Waals surface area contributed by atoms with Gasteiger partial charge >= 0.3 is 5.97 Å². The van der Waals surface area contributed by atoms with Crippen molar-refractivity contribution in [1.82, 2.24) is 10.3 Å². The molecular weight excluding hydrogens is 340 g/mol. The van der Waals surface area contributed by atoms with Crippen LogP contribution < -0.4 is 10.3 Å². The Kier molecular flexibility index (Phi) is 5.08. The maximum Gasteiger partial charge on any atom is 0.328 e. The normalized spacial score (nSPS) is 17.9. The van der Waals surface area contributed by atoms with Crippen molar-refractivity contribution in [2.24, 2.45) is 5.10 Å². The van der Waals surface area contributed by atoms with Gasteiger partial charge < -0.3 is 10.4 Å². The summed E-state index contributed by atoms with van der Waals surface area (Å²) in [7, 11) is 0. The van der Waals surface area contributed by atoms with Crippen molar-refractivity contribution in [3.8, 4) is 0 Å². The molecule has 8 heteroatoms. The van der Waals surface area contributed by atoms with E-state index in [4.69, 9.17) is 0 Å². The molecule has 1 aromatic heterocycles. The fraction of sp³-hybridized carbons (Fsp3) is 0.294. The quantitative estimate of drug-likeness (QED) is 0.824. The van der Waals surface area contributed by atoms with Crippen molar-refractivity contribution >= 4 is 34.6 Å². The number of hydrazone groups is 1. The second-order valence-electron chi connectivity index (χ2n) is 5.77. The van der Waals surface area contributed by atoms with Gasteiger partial charge in [-0.05, 0) is 12.1 Å². The highest BCUT2D eigenvalue weighted by molar-refractivity contribution is 7.09. The average Bonchev–Trinajstić information content (AvgIpc) is 3.29. The van der Waals surface area contributed by atoms with E-state index in [0.29, 0.717) is 12.2 Å². The smallest absolute Gasteiger partial charge is 0.328 e. The number of aromatic nitrogens is 1. The molecule has 2 atom stereocenters. The minimum Gasteiger partial charge on any atom is -0.480 e.